The van der Waals surface area contributed by atoms with Gasteiger partial charge in [0.05, 0.1) is 9.52 Å². The number of rotatable bonds is 4. The predicted molar refractivity (Wildman–Crippen MR) is 123 cm³/mol. The van der Waals surface area contributed by atoms with Gasteiger partial charge in [0.25, 0.3) is 0 Å². The molecule has 0 heterocycles. The second kappa shape index (κ2) is 7.09. The molecule has 0 fully saturated rings. The lowest BCUT2D eigenvalue weighted by Crippen LogP contribution is -2.46. The fraction of sp³-hybridized carbons (Fsp3) is 0.462. The SMILES string of the molecule is CC1=C(C)C(C)(C2(C(C)C)C=CC=CC2)C([SiH2]c2cc(C)cc(C)c2)=C1C. The monoisotopic (exact) mass is 376 g/mol. The van der Waals surface area contributed by atoms with Crippen molar-refractivity contribution in [3.05, 3.63) is 75.5 Å². The second-order valence-electron chi connectivity index (χ2n) is 9.34. The van der Waals surface area contributed by atoms with Gasteiger partial charge < -0.3 is 0 Å². The first-order valence-electron chi connectivity index (χ1n) is 10.4. The van der Waals surface area contributed by atoms with Crippen molar-refractivity contribution in [1.29, 1.82) is 0 Å². The van der Waals surface area contributed by atoms with Crippen molar-refractivity contribution < 1.29 is 0 Å². The largest absolute Gasteiger partial charge is 0.0839 e. The summed E-state index contributed by atoms with van der Waals surface area (Å²) in [7, 11) is -0.527. The summed E-state index contributed by atoms with van der Waals surface area (Å²) in [6.07, 6.45) is 10.6. The summed E-state index contributed by atoms with van der Waals surface area (Å²) in [5, 5.41) is 3.35. The molecule has 1 aromatic carbocycles. The van der Waals surface area contributed by atoms with Gasteiger partial charge in [-0.1, -0.05) is 95.9 Å². The zero-order chi connectivity index (χ0) is 20.0. The minimum absolute atomic E-state index is 0.125. The number of allylic oxidation sites excluding steroid dienone is 8. The van der Waals surface area contributed by atoms with Crippen LogP contribution in [0.15, 0.2) is 64.4 Å². The number of hydrogen-bond acceptors (Lipinski definition) is 0. The maximum Gasteiger partial charge on any atom is 0.0839 e. The van der Waals surface area contributed by atoms with Gasteiger partial charge >= 0.3 is 0 Å². The van der Waals surface area contributed by atoms with E-state index in [0.29, 0.717) is 5.92 Å². The molecule has 0 amide bonds. The molecular weight excluding hydrogens is 340 g/mol. The van der Waals surface area contributed by atoms with Gasteiger partial charge in [0.15, 0.2) is 0 Å². The molecule has 144 valence electrons. The van der Waals surface area contributed by atoms with E-state index in [2.05, 4.69) is 97.9 Å². The van der Waals surface area contributed by atoms with Crippen molar-refractivity contribution in [2.45, 2.75) is 61.8 Å². The van der Waals surface area contributed by atoms with E-state index in [4.69, 9.17) is 0 Å². The fourth-order valence-electron chi connectivity index (χ4n) is 5.81. The molecule has 0 saturated heterocycles. The molecule has 0 N–H and O–H groups in total. The van der Waals surface area contributed by atoms with Gasteiger partial charge in [-0.3, -0.25) is 0 Å². The third kappa shape index (κ3) is 3.04. The maximum atomic E-state index is 2.55. The summed E-state index contributed by atoms with van der Waals surface area (Å²) >= 11 is 0. The zero-order valence-corrected chi connectivity index (χ0v) is 19.9. The minimum Gasteiger partial charge on any atom is -0.0836 e. The Morgan fingerprint density at radius 2 is 1.52 bits per heavy atom. The van der Waals surface area contributed by atoms with Crippen LogP contribution in [0.5, 0.6) is 0 Å². The van der Waals surface area contributed by atoms with Gasteiger partial charge in [-0.15, -0.1) is 0 Å². The van der Waals surface area contributed by atoms with Crippen molar-refractivity contribution in [2.75, 3.05) is 0 Å². The van der Waals surface area contributed by atoms with Crippen molar-refractivity contribution in [1.82, 2.24) is 0 Å². The molecule has 3 rings (SSSR count). The molecule has 1 heteroatoms. The maximum absolute atomic E-state index is 2.55. The summed E-state index contributed by atoms with van der Waals surface area (Å²) in [5.41, 5.74) is 7.80. The molecule has 0 bridgehead atoms. The summed E-state index contributed by atoms with van der Waals surface area (Å²) in [4.78, 5) is 0. The first-order chi connectivity index (χ1) is 12.6. The molecule has 2 aliphatic carbocycles. The van der Waals surface area contributed by atoms with E-state index in [1.807, 2.05) is 0 Å². The Morgan fingerprint density at radius 1 is 0.889 bits per heavy atom. The van der Waals surface area contributed by atoms with Crippen molar-refractivity contribution in [2.24, 2.45) is 16.7 Å². The molecule has 2 unspecified atom stereocenters. The predicted octanol–water partition coefficient (Wildman–Crippen LogP) is 5.89. The topological polar surface area (TPSA) is 0 Å². The molecule has 0 aromatic heterocycles. The fourth-order valence-corrected chi connectivity index (χ4v) is 8.55. The van der Waals surface area contributed by atoms with Gasteiger partial charge in [-0.05, 0) is 52.5 Å². The Kier molecular flexibility index (Phi) is 5.29. The summed E-state index contributed by atoms with van der Waals surface area (Å²) in [5.74, 6) is 0.598. The van der Waals surface area contributed by atoms with Crippen LogP contribution in [0.3, 0.4) is 0 Å². The average Bonchev–Trinajstić information content (AvgIpc) is 2.78. The summed E-state index contributed by atoms with van der Waals surface area (Å²) < 4.78 is 0. The van der Waals surface area contributed by atoms with E-state index < -0.39 is 9.52 Å². The Hall–Kier alpha value is -1.60. The Bertz CT molecular complexity index is 857. The molecule has 0 spiro atoms. The summed E-state index contributed by atoms with van der Waals surface area (Å²) in [6.45, 7) is 19.0. The van der Waals surface area contributed by atoms with Crippen molar-refractivity contribution in [3.8, 4) is 0 Å². The Balaban J connectivity index is 2.17. The van der Waals surface area contributed by atoms with Crippen molar-refractivity contribution in [3.63, 3.8) is 0 Å². The molecular formula is C26H36Si. The van der Waals surface area contributed by atoms with Crippen LogP contribution >= 0.6 is 0 Å². The van der Waals surface area contributed by atoms with Crippen LogP contribution < -0.4 is 5.19 Å². The highest BCUT2D eigenvalue weighted by atomic mass is 28.2. The molecule has 2 aliphatic rings. The van der Waals surface area contributed by atoms with Gasteiger partial charge in [-0.25, -0.2) is 0 Å². The number of hydrogen-bond donors (Lipinski definition) is 0. The molecule has 0 saturated carbocycles. The molecule has 0 radical (unpaired) electrons. The third-order valence-electron chi connectivity index (χ3n) is 7.65. The van der Waals surface area contributed by atoms with Crippen LogP contribution in [-0.2, 0) is 0 Å². The molecule has 0 nitrogen and oxygen atoms in total. The standard InChI is InChI=1S/C26H36Si/c1-17(2)26(12-10-9-11-13-26)25(8)22(7)20(5)21(6)24(25)27-23-15-18(3)14-19(4)16-23/h9-12,14-17H,13,27H2,1-8H3. The van der Waals surface area contributed by atoms with Crippen molar-refractivity contribution >= 4 is 14.7 Å². The lowest BCUT2D eigenvalue weighted by Gasteiger charge is -2.52. The lowest BCUT2D eigenvalue weighted by atomic mass is 9.54. The van der Waals surface area contributed by atoms with E-state index in [1.54, 1.807) is 21.5 Å². The number of aryl methyl sites for hydroxylation is 2. The van der Waals surface area contributed by atoms with Crippen LogP contribution in [0.4, 0.5) is 0 Å². The van der Waals surface area contributed by atoms with Crippen LogP contribution in [0, 0.1) is 30.6 Å². The van der Waals surface area contributed by atoms with E-state index in [0.717, 1.165) is 6.42 Å². The highest BCUT2D eigenvalue weighted by Gasteiger charge is 2.54. The van der Waals surface area contributed by atoms with Crippen LogP contribution in [0.25, 0.3) is 0 Å². The lowest BCUT2D eigenvalue weighted by molar-refractivity contribution is 0.127. The summed E-state index contributed by atoms with van der Waals surface area (Å²) in [6, 6.07) is 7.16. The third-order valence-corrected chi connectivity index (χ3v) is 10.1. The van der Waals surface area contributed by atoms with E-state index >= 15 is 0 Å². The highest BCUT2D eigenvalue weighted by Crippen LogP contribution is 2.62. The van der Waals surface area contributed by atoms with Crippen LogP contribution in [0.2, 0.25) is 0 Å². The van der Waals surface area contributed by atoms with Crippen LogP contribution in [-0.4, -0.2) is 9.52 Å². The van der Waals surface area contributed by atoms with Crippen LogP contribution in [0.1, 0.15) is 59.1 Å². The minimum atomic E-state index is -0.527. The van der Waals surface area contributed by atoms with Gasteiger partial charge in [-0.2, -0.15) is 0 Å². The van der Waals surface area contributed by atoms with E-state index in [1.165, 1.54) is 16.7 Å². The van der Waals surface area contributed by atoms with Gasteiger partial charge in [0.1, 0.15) is 0 Å². The number of benzene rings is 1. The molecule has 0 aliphatic heterocycles. The Morgan fingerprint density at radius 3 is 2.04 bits per heavy atom. The molecule has 2 atom stereocenters. The quantitative estimate of drug-likeness (QED) is 0.575. The highest BCUT2D eigenvalue weighted by molar-refractivity contribution is 6.62. The second-order valence-corrected chi connectivity index (χ2v) is 11.2. The first kappa shape index (κ1) is 20.1. The van der Waals surface area contributed by atoms with Gasteiger partial charge in [0.2, 0.25) is 0 Å². The normalized spacial score (nSPS) is 28.5. The van der Waals surface area contributed by atoms with Gasteiger partial charge in [0, 0.05) is 10.8 Å². The molecule has 1 aromatic rings. The zero-order valence-electron chi connectivity index (χ0n) is 18.5. The smallest absolute Gasteiger partial charge is 0.0836 e. The van der Waals surface area contributed by atoms with E-state index in [-0.39, 0.29) is 10.8 Å². The molecule has 27 heavy (non-hydrogen) atoms. The van der Waals surface area contributed by atoms with E-state index in [9.17, 15) is 0 Å². The average molecular weight is 377 g/mol. The first-order valence-corrected chi connectivity index (χ1v) is 11.8. The Labute approximate surface area is 169 Å².